The molecule has 110 valence electrons. The molecule has 2 rings (SSSR count). The molecule has 1 fully saturated rings. The number of amides is 1. The van der Waals surface area contributed by atoms with Crippen LogP contribution in [-0.4, -0.2) is 25.6 Å². The van der Waals surface area contributed by atoms with Crippen LogP contribution in [0.15, 0.2) is 12.1 Å². The molecule has 1 aromatic carbocycles. The number of methoxy groups -OCH3 is 1. The van der Waals surface area contributed by atoms with Gasteiger partial charge in [0, 0.05) is 11.1 Å². The second kappa shape index (κ2) is 6.95. The first-order valence-corrected chi connectivity index (χ1v) is 7.38. The van der Waals surface area contributed by atoms with Crippen LogP contribution in [0, 0.1) is 6.92 Å². The van der Waals surface area contributed by atoms with Crippen molar-refractivity contribution in [2.45, 2.75) is 38.6 Å². The SMILES string of the molecule is COc1cc(Cl)c(C)cc1NC(=O)C1CCCCCN1. The van der Waals surface area contributed by atoms with Crippen LogP contribution in [0.25, 0.3) is 0 Å². The summed E-state index contributed by atoms with van der Waals surface area (Å²) in [5, 5.41) is 6.86. The summed E-state index contributed by atoms with van der Waals surface area (Å²) in [5.41, 5.74) is 1.59. The van der Waals surface area contributed by atoms with Crippen molar-refractivity contribution in [1.29, 1.82) is 0 Å². The fourth-order valence-corrected chi connectivity index (χ4v) is 2.56. The molecule has 0 aliphatic carbocycles. The first-order valence-electron chi connectivity index (χ1n) is 7.00. The third-order valence-electron chi connectivity index (χ3n) is 3.62. The summed E-state index contributed by atoms with van der Waals surface area (Å²) < 4.78 is 5.27. The predicted molar refractivity (Wildman–Crippen MR) is 81.6 cm³/mol. The van der Waals surface area contributed by atoms with Crippen molar-refractivity contribution >= 4 is 23.2 Å². The molecular weight excluding hydrogens is 276 g/mol. The molecule has 0 aromatic heterocycles. The zero-order chi connectivity index (χ0) is 14.5. The number of carbonyl (C=O) groups excluding carboxylic acids is 1. The maximum Gasteiger partial charge on any atom is 0.241 e. The van der Waals surface area contributed by atoms with Gasteiger partial charge in [-0.05, 0) is 37.9 Å². The molecule has 1 unspecified atom stereocenters. The highest BCUT2D eigenvalue weighted by Gasteiger charge is 2.20. The summed E-state index contributed by atoms with van der Waals surface area (Å²) in [4.78, 5) is 12.3. The van der Waals surface area contributed by atoms with Gasteiger partial charge in [-0.2, -0.15) is 0 Å². The molecule has 0 radical (unpaired) electrons. The van der Waals surface area contributed by atoms with E-state index in [0.29, 0.717) is 16.5 Å². The zero-order valence-corrected chi connectivity index (χ0v) is 12.7. The van der Waals surface area contributed by atoms with Gasteiger partial charge in [0.2, 0.25) is 5.91 Å². The molecule has 1 aliphatic heterocycles. The number of halogens is 1. The van der Waals surface area contributed by atoms with E-state index in [1.54, 1.807) is 13.2 Å². The standard InChI is InChI=1S/C15H21ClN2O2/c1-10-8-13(14(20-2)9-11(10)16)18-15(19)12-6-4-3-5-7-17-12/h8-9,12,17H,3-7H2,1-2H3,(H,18,19). The molecule has 4 nitrogen and oxygen atoms in total. The summed E-state index contributed by atoms with van der Waals surface area (Å²) in [6.45, 7) is 2.80. The van der Waals surface area contributed by atoms with E-state index in [-0.39, 0.29) is 11.9 Å². The molecule has 2 N–H and O–H groups in total. The van der Waals surface area contributed by atoms with Crippen LogP contribution < -0.4 is 15.4 Å². The van der Waals surface area contributed by atoms with Gasteiger partial charge in [0.15, 0.2) is 0 Å². The second-order valence-electron chi connectivity index (χ2n) is 5.15. The molecule has 20 heavy (non-hydrogen) atoms. The van der Waals surface area contributed by atoms with Crippen molar-refractivity contribution in [2.75, 3.05) is 19.0 Å². The first-order chi connectivity index (χ1) is 9.61. The highest BCUT2D eigenvalue weighted by Crippen LogP contribution is 2.31. The number of anilines is 1. The van der Waals surface area contributed by atoms with Gasteiger partial charge in [-0.3, -0.25) is 4.79 Å². The molecule has 1 aromatic rings. The number of ether oxygens (including phenoxy) is 1. The first kappa shape index (κ1) is 15.1. The Kier molecular flexibility index (Phi) is 5.26. The Balaban J connectivity index is 2.12. The second-order valence-corrected chi connectivity index (χ2v) is 5.55. The van der Waals surface area contributed by atoms with Crippen LogP contribution in [0.4, 0.5) is 5.69 Å². The summed E-state index contributed by atoms with van der Waals surface area (Å²) in [5.74, 6) is 0.578. The van der Waals surface area contributed by atoms with E-state index >= 15 is 0 Å². The fraction of sp³-hybridized carbons (Fsp3) is 0.533. The number of hydrogen-bond donors (Lipinski definition) is 2. The lowest BCUT2D eigenvalue weighted by molar-refractivity contribution is -0.118. The van der Waals surface area contributed by atoms with Crippen LogP contribution in [0.2, 0.25) is 5.02 Å². The predicted octanol–water partition coefficient (Wildman–Crippen LogP) is 3.13. The maximum atomic E-state index is 12.3. The summed E-state index contributed by atoms with van der Waals surface area (Å²) in [6, 6.07) is 3.45. The highest BCUT2D eigenvalue weighted by molar-refractivity contribution is 6.31. The van der Waals surface area contributed by atoms with Gasteiger partial charge in [0.1, 0.15) is 5.75 Å². The minimum absolute atomic E-state index is 0.00748. The number of aryl methyl sites for hydroxylation is 1. The third kappa shape index (κ3) is 3.64. The Labute approximate surface area is 124 Å². The zero-order valence-electron chi connectivity index (χ0n) is 12.0. The van der Waals surface area contributed by atoms with E-state index in [0.717, 1.165) is 31.4 Å². The van der Waals surface area contributed by atoms with Crippen LogP contribution in [-0.2, 0) is 4.79 Å². The van der Waals surface area contributed by atoms with Gasteiger partial charge >= 0.3 is 0 Å². The van der Waals surface area contributed by atoms with Crippen molar-refractivity contribution in [2.24, 2.45) is 0 Å². The lowest BCUT2D eigenvalue weighted by atomic mass is 10.1. The van der Waals surface area contributed by atoms with Gasteiger partial charge in [0.05, 0.1) is 18.8 Å². The lowest BCUT2D eigenvalue weighted by Crippen LogP contribution is -2.39. The van der Waals surface area contributed by atoms with E-state index in [4.69, 9.17) is 16.3 Å². The van der Waals surface area contributed by atoms with Gasteiger partial charge in [0.25, 0.3) is 0 Å². The van der Waals surface area contributed by atoms with E-state index in [2.05, 4.69) is 10.6 Å². The van der Waals surface area contributed by atoms with Crippen molar-refractivity contribution in [3.8, 4) is 5.75 Å². The van der Waals surface area contributed by atoms with Crippen LogP contribution in [0.1, 0.15) is 31.2 Å². The molecule has 1 heterocycles. The van der Waals surface area contributed by atoms with E-state index in [1.807, 2.05) is 13.0 Å². The molecule has 0 bridgehead atoms. The largest absolute Gasteiger partial charge is 0.495 e. The van der Waals surface area contributed by atoms with E-state index < -0.39 is 0 Å². The quantitative estimate of drug-likeness (QED) is 0.901. The van der Waals surface area contributed by atoms with E-state index in [1.165, 1.54) is 6.42 Å². The van der Waals surface area contributed by atoms with Crippen molar-refractivity contribution in [3.05, 3.63) is 22.7 Å². The number of rotatable bonds is 3. The smallest absolute Gasteiger partial charge is 0.241 e. The Bertz CT molecular complexity index is 483. The topological polar surface area (TPSA) is 50.4 Å². The molecule has 0 saturated carbocycles. The summed E-state index contributed by atoms with van der Waals surface area (Å²) in [6.07, 6.45) is 4.27. The molecule has 1 amide bonds. The summed E-state index contributed by atoms with van der Waals surface area (Å²) in [7, 11) is 1.57. The summed E-state index contributed by atoms with van der Waals surface area (Å²) >= 11 is 6.07. The van der Waals surface area contributed by atoms with Gasteiger partial charge in [-0.1, -0.05) is 24.4 Å². The third-order valence-corrected chi connectivity index (χ3v) is 4.02. The minimum Gasteiger partial charge on any atom is -0.495 e. The average molecular weight is 297 g/mol. The molecule has 5 heteroatoms. The van der Waals surface area contributed by atoms with Crippen LogP contribution in [0.3, 0.4) is 0 Å². The Hall–Kier alpha value is -1.26. The number of nitrogens with one attached hydrogen (secondary N) is 2. The molecular formula is C15H21ClN2O2. The number of carbonyl (C=O) groups is 1. The normalized spacial score (nSPS) is 19.2. The molecule has 0 spiro atoms. The fourth-order valence-electron chi connectivity index (χ4n) is 2.40. The van der Waals surface area contributed by atoms with E-state index in [9.17, 15) is 4.79 Å². The van der Waals surface area contributed by atoms with Gasteiger partial charge in [-0.25, -0.2) is 0 Å². The Morgan fingerprint density at radius 1 is 1.40 bits per heavy atom. The van der Waals surface area contributed by atoms with Crippen LogP contribution >= 0.6 is 11.6 Å². The monoisotopic (exact) mass is 296 g/mol. The molecule has 1 aliphatic rings. The molecule has 1 saturated heterocycles. The number of benzene rings is 1. The number of hydrogen-bond acceptors (Lipinski definition) is 3. The maximum absolute atomic E-state index is 12.3. The average Bonchev–Trinajstić information content (AvgIpc) is 2.71. The Morgan fingerprint density at radius 2 is 2.20 bits per heavy atom. The Morgan fingerprint density at radius 3 is 2.95 bits per heavy atom. The molecule has 1 atom stereocenters. The minimum atomic E-state index is -0.127. The van der Waals surface area contributed by atoms with Crippen molar-refractivity contribution < 1.29 is 9.53 Å². The van der Waals surface area contributed by atoms with Crippen LogP contribution in [0.5, 0.6) is 5.75 Å². The lowest BCUT2D eigenvalue weighted by Gasteiger charge is -2.17. The highest BCUT2D eigenvalue weighted by atomic mass is 35.5. The van der Waals surface area contributed by atoms with Gasteiger partial charge in [-0.15, -0.1) is 0 Å². The van der Waals surface area contributed by atoms with Gasteiger partial charge < -0.3 is 15.4 Å². The van der Waals surface area contributed by atoms with Crippen molar-refractivity contribution in [1.82, 2.24) is 5.32 Å². The van der Waals surface area contributed by atoms with Crippen molar-refractivity contribution in [3.63, 3.8) is 0 Å².